The summed E-state index contributed by atoms with van der Waals surface area (Å²) < 4.78 is 0. The summed E-state index contributed by atoms with van der Waals surface area (Å²) in [6.07, 6.45) is 4.21. The number of hydrogen-bond acceptors (Lipinski definition) is 2. The predicted octanol–water partition coefficient (Wildman–Crippen LogP) is 0.982. The third kappa shape index (κ3) is 1.85. The van der Waals surface area contributed by atoms with Gasteiger partial charge in [0.15, 0.2) is 0 Å². The zero-order chi connectivity index (χ0) is 10.1. The van der Waals surface area contributed by atoms with Crippen LogP contribution in [0.25, 0.3) is 0 Å². The summed E-state index contributed by atoms with van der Waals surface area (Å²) in [5, 5.41) is 0. The van der Waals surface area contributed by atoms with Crippen molar-refractivity contribution in [2.24, 2.45) is 11.1 Å². The molecule has 1 amide bonds. The van der Waals surface area contributed by atoms with Gasteiger partial charge in [0, 0.05) is 20.1 Å². The maximum absolute atomic E-state index is 11.9. The van der Waals surface area contributed by atoms with Gasteiger partial charge in [0.2, 0.25) is 5.91 Å². The third-order valence-corrected chi connectivity index (χ3v) is 3.17. The van der Waals surface area contributed by atoms with Gasteiger partial charge in [-0.2, -0.15) is 0 Å². The molecule has 0 aromatic rings. The average Bonchev–Trinajstić information content (AvgIpc) is 2.09. The Morgan fingerprint density at radius 1 is 1.46 bits per heavy atom. The Morgan fingerprint density at radius 2 is 2.08 bits per heavy atom. The number of carbonyl (C=O) groups excluding carboxylic acids is 1. The van der Waals surface area contributed by atoms with Crippen molar-refractivity contribution in [3.63, 3.8) is 0 Å². The molecule has 0 spiro atoms. The molecule has 0 saturated heterocycles. The number of carbonyl (C=O) groups is 1. The Hall–Kier alpha value is -0.570. The van der Waals surface area contributed by atoms with Gasteiger partial charge in [-0.3, -0.25) is 4.79 Å². The van der Waals surface area contributed by atoms with Crippen LogP contribution in [-0.2, 0) is 4.79 Å². The van der Waals surface area contributed by atoms with E-state index in [2.05, 4.69) is 0 Å². The fourth-order valence-corrected chi connectivity index (χ4v) is 2.14. The van der Waals surface area contributed by atoms with Crippen molar-refractivity contribution in [3.8, 4) is 0 Å². The average molecular weight is 184 g/mol. The van der Waals surface area contributed by atoms with Crippen LogP contribution in [0.4, 0.5) is 0 Å². The van der Waals surface area contributed by atoms with Gasteiger partial charge in [-0.05, 0) is 19.8 Å². The second-order valence-electron chi connectivity index (χ2n) is 4.47. The van der Waals surface area contributed by atoms with Crippen LogP contribution < -0.4 is 5.73 Å². The number of nitrogens with zero attached hydrogens (tertiary/aromatic N) is 1. The van der Waals surface area contributed by atoms with Crippen LogP contribution in [0.2, 0.25) is 0 Å². The molecule has 2 unspecified atom stereocenters. The molecule has 13 heavy (non-hydrogen) atoms. The largest absolute Gasteiger partial charge is 0.348 e. The Kier molecular flexibility index (Phi) is 2.96. The summed E-state index contributed by atoms with van der Waals surface area (Å²) >= 11 is 0. The summed E-state index contributed by atoms with van der Waals surface area (Å²) in [6.45, 7) is 2.00. The van der Waals surface area contributed by atoms with Crippen LogP contribution >= 0.6 is 0 Å². The van der Waals surface area contributed by atoms with Crippen molar-refractivity contribution in [1.29, 1.82) is 0 Å². The zero-order valence-electron chi connectivity index (χ0n) is 8.84. The van der Waals surface area contributed by atoms with Gasteiger partial charge in [-0.15, -0.1) is 0 Å². The Labute approximate surface area is 80.3 Å². The van der Waals surface area contributed by atoms with Crippen LogP contribution in [0, 0.1) is 5.41 Å². The van der Waals surface area contributed by atoms with Crippen molar-refractivity contribution in [3.05, 3.63) is 0 Å². The summed E-state index contributed by atoms with van der Waals surface area (Å²) in [5.74, 6) is 0.180. The molecule has 0 aliphatic heterocycles. The van der Waals surface area contributed by atoms with Crippen LogP contribution in [-0.4, -0.2) is 30.9 Å². The third-order valence-electron chi connectivity index (χ3n) is 3.17. The fourth-order valence-electron chi connectivity index (χ4n) is 2.14. The van der Waals surface area contributed by atoms with E-state index in [0.29, 0.717) is 0 Å². The fraction of sp³-hybridized carbons (Fsp3) is 0.900. The lowest BCUT2D eigenvalue weighted by Crippen LogP contribution is -2.51. The van der Waals surface area contributed by atoms with Crippen molar-refractivity contribution in [2.45, 2.75) is 38.6 Å². The van der Waals surface area contributed by atoms with Gasteiger partial charge < -0.3 is 10.6 Å². The number of amides is 1. The molecule has 3 heteroatoms. The van der Waals surface area contributed by atoms with E-state index in [1.807, 2.05) is 6.92 Å². The van der Waals surface area contributed by atoms with Gasteiger partial charge in [-0.1, -0.05) is 12.8 Å². The second kappa shape index (κ2) is 3.66. The first kappa shape index (κ1) is 10.5. The maximum Gasteiger partial charge on any atom is 0.229 e. The minimum atomic E-state index is -0.318. The van der Waals surface area contributed by atoms with E-state index in [1.165, 1.54) is 0 Å². The SMILES string of the molecule is CN(C)C(=O)C1(C)CCCCC1N. The number of nitrogens with two attached hydrogens (primary N) is 1. The van der Waals surface area contributed by atoms with Crippen LogP contribution in [0.5, 0.6) is 0 Å². The minimum absolute atomic E-state index is 0.0381. The molecule has 2 atom stereocenters. The second-order valence-corrected chi connectivity index (χ2v) is 4.47. The van der Waals surface area contributed by atoms with E-state index in [0.717, 1.165) is 25.7 Å². The molecular formula is C10H20N2O. The lowest BCUT2D eigenvalue weighted by Gasteiger charge is -2.39. The van der Waals surface area contributed by atoms with Crippen LogP contribution in [0.15, 0.2) is 0 Å². The molecule has 0 aromatic heterocycles. The van der Waals surface area contributed by atoms with E-state index < -0.39 is 0 Å². The quantitative estimate of drug-likeness (QED) is 0.660. The first-order chi connectivity index (χ1) is 5.98. The van der Waals surface area contributed by atoms with Gasteiger partial charge in [-0.25, -0.2) is 0 Å². The molecule has 0 aromatic carbocycles. The monoisotopic (exact) mass is 184 g/mol. The summed E-state index contributed by atoms with van der Waals surface area (Å²) in [4.78, 5) is 13.5. The minimum Gasteiger partial charge on any atom is -0.348 e. The van der Waals surface area contributed by atoms with Gasteiger partial charge in [0.1, 0.15) is 0 Å². The molecule has 1 aliphatic carbocycles. The summed E-state index contributed by atoms with van der Waals surface area (Å²) in [5.41, 5.74) is 5.69. The highest BCUT2D eigenvalue weighted by Crippen LogP contribution is 2.36. The van der Waals surface area contributed by atoms with Crippen molar-refractivity contribution < 1.29 is 4.79 Å². The maximum atomic E-state index is 11.9. The highest BCUT2D eigenvalue weighted by molar-refractivity contribution is 5.82. The van der Waals surface area contributed by atoms with Crippen LogP contribution in [0.1, 0.15) is 32.6 Å². The molecule has 1 saturated carbocycles. The lowest BCUT2D eigenvalue weighted by molar-refractivity contribution is -0.141. The smallest absolute Gasteiger partial charge is 0.229 e. The Morgan fingerprint density at radius 3 is 2.54 bits per heavy atom. The van der Waals surface area contributed by atoms with E-state index in [-0.39, 0.29) is 17.4 Å². The highest BCUT2D eigenvalue weighted by Gasteiger charge is 2.41. The molecule has 3 nitrogen and oxygen atoms in total. The molecule has 0 bridgehead atoms. The molecular weight excluding hydrogens is 164 g/mol. The standard InChI is InChI=1S/C10H20N2O/c1-10(9(13)12(2)3)7-5-4-6-8(10)11/h8H,4-7,11H2,1-3H3. The molecule has 0 heterocycles. The topological polar surface area (TPSA) is 46.3 Å². The van der Waals surface area contributed by atoms with Gasteiger partial charge in [0.05, 0.1) is 5.41 Å². The number of hydrogen-bond donors (Lipinski definition) is 1. The molecule has 76 valence electrons. The van der Waals surface area contributed by atoms with Gasteiger partial charge in [0.25, 0.3) is 0 Å². The predicted molar refractivity (Wildman–Crippen MR) is 53.2 cm³/mol. The molecule has 1 rings (SSSR count). The van der Waals surface area contributed by atoms with Crippen molar-refractivity contribution in [2.75, 3.05) is 14.1 Å². The highest BCUT2D eigenvalue weighted by atomic mass is 16.2. The van der Waals surface area contributed by atoms with Crippen molar-refractivity contribution >= 4 is 5.91 Å². The molecule has 1 aliphatic rings. The van der Waals surface area contributed by atoms with E-state index >= 15 is 0 Å². The lowest BCUT2D eigenvalue weighted by atomic mass is 9.71. The van der Waals surface area contributed by atoms with Crippen LogP contribution in [0.3, 0.4) is 0 Å². The Balaban J connectivity index is 2.77. The first-order valence-electron chi connectivity index (χ1n) is 4.96. The first-order valence-corrected chi connectivity index (χ1v) is 4.96. The molecule has 0 radical (unpaired) electrons. The zero-order valence-corrected chi connectivity index (χ0v) is 8.84. The van der Waals surface area contributed by atoms with Gasteiger partial charge >= 0.3 is 0 Å². The summed E-state index contributed by atoms with van der Waals surface area (Å²) in [7, 11) is 3.60. The van der Waals surface area contributed by atoms with E-state index in [4.69, 9.17) is 5.73 Å². The number of rotatable bonds is 1. The molecule has 2 N–H and O–H groups in total. The van der Waals surface area contributed by atoms with Crippen molar-refractivity contribution in [1.82, 2.24) is 4.90 Å². The molecule has 1 fully saturated rings. The van der Waals surface area contributed by atoms with E-state index in [9.17, 15) is 4.79 Å². The van der Waals surface area contributed by atoms with E-state index in [1.54, 1.807) is 19.0 Å². The normalized spacial score (nSPS) is 34.3. The summed E-state index contributed by atoms with van der Waals surface area (Å²) in [6, 6.07) is 0.0381. The Bertz CT molecular complexity index is 203.